The van der Waals surface area contributed by atoms with Crippen LogP contribution in [0.25, 0.3) is 11.5 Å². The van der Waals surface area contributed by atoms with E-state index in [1.807, 2.05) is 56.5 Å². The van der Waals surface area contributed by atoms with Crippen molar-refractivity contribution in [3.05, 3.63) is 48.3 Å². The number of carbonyl (C=O) groups is 1. The lowest BCUT2D eigenvalue weighted by molar-refractivity contribution is 0.00578. The van der Waals surface area contributed by atoms with E-state index in [0.717, 1.165) is 24.8 Å². The Hall–Kier alpha value is -3.24. The van der Waals surface area contributed by atoms with E-state index in [-0.39, 0.29) is 7.33 Å². The molecule has 0 aliphatic carbocycles. The van der Waals surface area contributed by atoms with Crippen LogP contribution in [0, 0.1) is 0 Å². The average Bonchev–Trinajstić information content (AvgIpc) is 3.34. The molecule has 34 heavy (non-hydrogen) atoms. The number of hydrogen-bond donors (Lipinski definition) is 1. The van der Waals surface area contributed by atoms with Crippen molar-refractivity contribution >= 4 is 24.3 Å². The second-order valence-electron chi connectivity index (χ2n) is 9.61. The van der Waals surface area contributed by atoms with Crippen LogP contribution in [0.3, 0.4) is 0 Å². The van der Waals surface area contributed by atoms with Crippen molar-refractivity contribution in [2.24, 2.45) is 0 Å². The molecule has 1 fully saturated rings. The van der Waals surface area contributed by atoms with Gasteiger partial charge < -0.3 is 23.9 Å². The molecule has 5 rings (SSSR count). The standard InChI is InChI=1S/C24H28BN5O4.H2/c1-23(2)24(3,4)34-25(33-23)16-10-11-19-17(14-16)22(31)28-20-9-7-8-18(27-20)21-29-26-15-30(21)12-5-6-13-32-19;/h7-11,14-15H,5-6,12-13H2,1-4H3,(H,27,28,31);1H. The first-order valence-electron chi connectivity index (χ1n) is 11.5. The number of amides is 1. The largest absolute Gasteiger partial charge is 0.494 e. The summed E-state index contributed by atoms with van der Waals surface area (Å²) < 4.78 is 20.4. The number of ether oxygens (including phenoxy) is 1. The fraction of sp³-hybridized carbons (Fsp3) is 0.417. The molecule has 0 saturated carbocycles. The summed E-state index contributed by atoms with van der Waals surface area (Å²) >= 11 is 0. The van der Waals surface area contributed by atoms with Gasteiger partial charge in [0.05, 0.1) is 23.4 Å². The van der Waals surface area contributed by atoms with E-state index in [1.165, 1.54) is 0 Å². The molecule has 2 aromatic heterocycles. The van der Waals surface area contributed by atoms with Crippen molar-refractivity contribution in [2.75, 3.05) is 11.9 Å². The number of aromatic nitrogens is 4. The number of aryl methyl sites for hydroxylation is 1. The molecule has 1 amide bonds. The van der Waals surface area contributed by atoms with Crippen molar-refractivity contribution in [1.29, 1.82) is 0 Å². The van der Waals surface area contributed by atoms with Crippen LogP contribution in [0.15, 0.2) is 42.7 Å². The third-order valence-corrected chi connectivity index (χ3v) is 6.66. The van der Waals surface area contributed by atoms with E-state index in [0.29, 0.717) is 35.3 Å². The topological polar surface area (TPSA) is 100 Å². The van der Waals surface area contributed by atoms with E-state index in [4.69, 9.17) is 14.0 Å². The highest BCUT2D eigenvalue weighted by Crippen LogP contribution is 2.36. The highest BCUT2D eigenvalue weighted by atomic mass is 16.7. The Bertz CT molecular complexity index is 1220. The lowest BCUT2D eigenvalue weighted by Gasteiger charge is -2.32. The van der Waals surface area contributed by atoms with E-state index in [9.17, 15) is 4.79 Å². The number of carbonyl (C=O) groups excluding carboxylic acids is 1. The third kappa shape index (κ3) is 4.19. The van der Waals surface area contributed by atoms with Gasteiger partial charge in [0.25, 0.3) is 5.91 Å². The van der Waals surface area contributed by atoms with Crippen LogP contribution in [0.5, 0.6) is 5.75 Å². The number of hydrogen-bond acceptors (Lipinski definition) is 7. The fourth-order valence-electron chi connectivity index (χ4n) is 3.97. The highest BCUT2D eigenvalue weighted by Gasteiger charge is 2.51. The molecule has 2 aliphatic rings. The first kappa shape index (κ1) is 22.6. The van der Waals surface area contributed by atoms with Gasteiger partial charge >= 0.3 is 7.12 Å². The van der Waals surface area contributed by atoms with Crippen molar-refractivity contribution < 1.29 is 20.3 Å². The van der Waals surface area contributed by atoms with Gasteiger partial charge in [-0.2, -0.15) is 0 Å². The molecule has 0 radical (unpaired) electrons. The molecule has 4 heterocycles. The first-order valence-corrected chi connectivity index (χ1v) is 11.5. The molecule has 0 spiro atoms. The summed E-state index contributed by atoms with van der Waals surface area (Å²) in [6.07, 6.45) is 3.38. The van der Waals surface area contributed by atoms with E-state index in [2.05, 4.69) is 20.5 Å². The fourth-order valence-corrected chi connectivity index (χ4v) is 3.97. The third-order valence-electron chi connectivity index (χ3n) is 6.66. The van der Waals surface area contributed by atoms with Crippen molar-refractivity contribution in [3.8, 4) is 17.3 Å². The molecule has 1 aromatic carbocycles. The Morgan fingerprint density at radius 3 is 2.68 bits per heavy atom. The summed E-state index contributed by atoms with van der Waals surface area (Å²) in [6, 6.07) is 10.9. The highest BCUT2D eigenvalue weighted by molar-refractivity contribution is 6.62. The van der Waals surface area contributed by atoms with Crippen LogP contribution in [-0.4, -0.2) is 50.6 Å². The summed E-state index contributed by atoms with van der Waals surface area (Å²) in [4.78, 5) is 17.9. The average molecular weight is 463 g/mol. The normalized spacial score (nSPS) is 19.4. The Balaban J connectivity index is 0.00000289. The van der Waals surface area contributed by atoms with E-state index >= 15 is 0 Å². The van der Waals surface area contributed by atoms with E-state index < -0.39 is 18.3 Å². The van der Waals surface area contributed by atoms with Crippen LogP contribution in [0.1, 0.15) is 52.3 Å². The number of nitrogens with one attached hydrogen (secondary N) is 1. The van der Waals surface area contributed by atoms with Crippen LogP contribution < -0.4 is 15.5 Å². The summed E-state index contributed by atoms with van der Waals surface area (Å²) in [5, 5.41) is 11.1. The SMILES string of the molecule is CC1(C)OB(c2ccc3c(c2)C(=O)Nc2cccc(n2)-c2nncn2CCCCO3)OC1(C)C.[HH]. The second kappa shape index (κ2) is 8.52. The molecular formula is C24H30BN5O4. The molecule has 0 atom stereocenters. The molecule has 1 N–H and O–H groups in total. The summed E-state index contributed by atoms with van der Waals surface area (Å²) in [7, 11) is -0.580. The summed E-state index contributed by atoms with van der Waals surface area (Å²) in [5.41, 5.74) is 0.850. The minimum atomic E-state index is -0.580. The predicted molar refractivity (Wildman–Crippen MR) is 130 cm³/mol. The molecule has 1 saturated heterocycles. The molecule has 0 unspecified atom stereocenters. The van der Waals surface area contributed by atoms with Gasteiger partial charge in [0.2, 0.25) is 0 Å². The van der Waals surface area contributed by atoms with Crippen LogP contribution in [0.4, 0.5) is 5.82 Å². The van der Waals surface area contributed by atoms with Gasteiger partial charge in [0, 0.05) is 7.97 Å². The van der Waals surface area contributed by atoms with Crippen LogP contribution in [-0.2, 0) is 15.9 Å². The van der Waals surface area contributed by atoms with Crippen molar-refractivity contribution in [1.82, 2.24) is 19.7 Å². The molecule has 9 nitrogen and oxygen atoms in total. The Kier molecular flexibility index (Phi) is 5.65. The smallest absolute Gasteiger partial charge is 0.493 e. The zero-order valence-electron chi connectivity index (χ0n) is 19.9. The maximum Gasteiger partial charge on any atom is 0.494 e. The molecule has 2 bridgehead atoms. The van der Waals surface area contributed by atoms with Gasteiger partial charge in [-0.05, 0) is 70.3 Å². The van der Waals surface area contributed by atoms with Gasteiger partial charge in [0.1, 0.15) is 23.6 Å². The number of rotatable bonds is 1. The summed E-state index contributed by atoms with van der Waals surface area (Å²) in [5.74, 6) is 1.27. The monoisotopic (exact) mass is 463 g/mol. The maximum absolute atomic E-state index is 13.4. The van der Waals surface area contributed by atoms with Crippen molar-refractivity contribution in [3.63, 3.8) is 0 Å². The van der Waals surface area contributed by atoms with Gasteiger partial charge in [-0.25, -0.2) is 4.98 Å². The zero-order chi connectivity index (χ0) is 23.9. The number of fused-ring (bicyclic) bond motifs is 5. The zero-order valence-corrected chi connectivity index (χ0v) is 19.9. The predicted octanol–water partition coefficient (Wildman–Crippen LogP) is 3.31. The molecular weight excluding hydrogens is 433 g/mol. The number of anilines is 1. The van der Waals surface area contributed by atoms with Gasteiger partial charge in [-0.1, -0.05) is 12.1 Å². The van der Waals surface area contributed by atoms with Gasteiger partial charge in [0.15, 0.2) is 5.82 Å². The van der Waals surface area contributed by atoms with Crippen LogP contribution >= 0.6 is 0 Å². The Morgan fingerprint density at radius 2 is 1.88 bits per heavy atom. The molecule has 2 aliphatic heterocycles. The second-order valence-corrected chi connectivity index (χ2v) is 9.61. The summed E-state index contributed by atoms with van der Waals surface area (Å²) in [6.45, 7) is 9.24. The van der Waals surface area contributed by atoms with Crippen molar-refractivity contribution in [2.45, 2.75) is 58.3 Å². The first-order chi connectivity index (χ1) is 16.2. The number of pyridine rings is 1. The maximum atomic E-state index is 13.4. The quantitative estimate of drug-likeness (QED) is 0.553. The lowest BCUT2D eigenvalue weighted by atomic mass is 9.78. The lowest BCUT2D eigenvalue weighted by Crippen LogP contribution is -2.41. The molecule has 178 valence electrons. The molecule has 3 aromatic rings. The Labute approximate surface area is 200 Å². The van der Waals surface area contributed by atoms with Gasteiger partial charge in [-0.3, -0.25) is 4.79 Å². The van der Waals surface area contributed by atoms with Crippen LogP contribution in [0.2, 0.25) is 0 Å². The number of benzene rings is 1. The Morgan fingerprint density at radius 1 is 1.09 bits per heavy atom. The van der Waals surface area contributed by atoms with E-state index in [1.54, 1.807) is 18.5 Å². The number of nitrogens with zero attached hydrogens (tertiary/aromatic N) is 4. The minimum Gasteiger partial charge on any atom is -0.493 e. The molecule has 10 heteroatoms. The van der Waals surface area contributed by atoms with Gasteiger partial charge in [-0.15, -0.1) is 10.2 Å². The minimum absolute atomic E-state index is 0.